The molecule has 1 saturated heterocycles. The first-order chi connectivity index (χ1) is 13.1. The zero-order chi connectivity index (χ0) is 19.2. The van der Waals surface area contributed by atoms with Crippen molar-refractivity contribution in [3.05, 3.63) is 63.6 Å². The molecule has 1 amide bonds. The van der Waals surface area contributed by atoms with Gasteiger partial charge in [0, 0.05) is 24.5 Å². The Balaban J connectivity index is 1.72. The first kappa shape index (κ1) is 19.2. The molecule has 0 aliphatic carbocycles. The maximum atomic E-state index is 12.4. The van der Waals surface area contributed by atoms with E-state index < -0.39 is 5.91 Å². The number of hydrogen-bond donors (Lipinski definition) is 1. The predicted octanol–water partition coefficient (Wildman–Crippen LogP) is 4.38. The molecule has 0 aromatic heterocycles. The largest absolute Gasteiger partial charge is 0.378 e. The van der Waals surface area contributed by atoms with Gasteiger partial charge < -0.3 is 15.0 Å². The second-order valence-electron chi connectivity index (χ2n) is 5.94. The van der Waals surface area contributed by atoms with Crippen LogP contribution in [0.25, 0.3) is 6.08 Å². The van der Waals surface area contributed by atoms with E-state index in [-0.39, 0.29) is 5.57 Å². The number of nitrogens with zero attached hydrogens (tertiary/aromatic N) is 2. The van der Waals surface area contributed by atoms with Crippen LogP contribution in [0.4, 0.5) is 11.4 Å². The third kappa shape index (κ3) is 5.01. The molecular weight excluding hydrogens is 385 g/mol. The van der Waals surface area contributed by atoms with Crippen LogP contribution in [0.15, 0.2) is 48.0 Å². The molecule has 0 spiro atoms. The second-order valence-corrected chi connectivity index (χ2v) is 6.76. The van der Waals surface area contributed by atoms with Gasteiger partial charge in [-0.3, -0.25) is 4.79 Å². The number of nitrogens with one attached hydrogen (secondary N) is 1. The highest BCUT2D eigenvalue weighted by atomic mass is 35.5. The van der Waals surface area contributed by atoms with Crippen molar-refractivity contribution in [2.75, 3.05) is 36.5 Å². The summed E-state index contributed by atoms with van der Waals surface area (Å²) in [6, 6.07) is 14.4. The fourth-order valence-corrected chi connectivity index (χ4v) is 2.99. The van der Waals surface area contributed by atoms with E-state index in [1.54, 1.807) is 18.2 Å². The number of rotatable bonds is 4. The average molecular weight is 402 g/mol. The first-order valence-corrected chi connectivity index (χ1v) is 9.13. The van der Waals surface area contributed by atoms with E-state index in [1.165, 1.54) is 6.07 Å². The summed E-state index contributed by atoms with van der Waals surface area (Å²) in [5.41, 5.74) is 2.33. The summed E-state index contributed by atoms with van der Waals surface area (Å²) in [7, 11) is 0. The van der Waals surface area contributed by atoms with E-state index in [4.69, 9.17) is 27.9 Å². The lowest BCUT2D eigenvalue weighted by Gasteiger charge is -2.28. The number of carbonyl (C=O) groups is 1. The summed E-state index contributed by atoms with van der Waals surface area (Å²) in [5, 5.41) is 12.7. The molecule has 0 unspecified atom stereocenters. The fraction of sp³-hybridized carbons (Fsp3) is 0.200. The smallest absolute Gasteiger partial charge is 0.266 e. The topological polar surface area (TPSA) is 65.4 Å². The minimum Gasteiger partial charge on any atom is -0.378 e. The standard InChI is InChI=1S/C20H17Cl2N3O2/c21-18-6-3-16(12-19(18)22)24-20(26)15(13-23)11-14-1-4-17(5-2-14)25-7-9-27-10-8-25/h1-6,11-12H,7-10H2,(H,24,26)/b15-11-. The molecule has 7 heteroatoms. The number of ether oxygens (including phenoxy) is 1. The molecule has 1 fully saturated rings. The molecule has 1 N–H and O–H groups in total. The van der Waals surface area contributed by atoms with Gasteiger partial charge in [0.15, 0.2) is 0 Å². The van der Waals surface area contributed by atoms with Crippen LogP contribution >= 0.6 is 23.2 Å². The quantitative estimate of drug-likeness (QED) is 0.609. The highest BCUT2D eigenvalue weighted by Crippen LogP contribution is 2.25. The van der Waals surface area contributed by atoms with Crippen LogP contribution in [0.2, 0.25) is 10.0 Å². The minimum absolute atomic E-state index is 0.000181. The van der Waals surface area contributed by atoms with Crippen molar-refractivity contribution in [3.63, 3.8) is 0 Å². The molecule has 5 nitrogen and oxygen atoms in total. The van der Waals surface area contributed by atoms with E-state index in [1.807, 2.05) is 30.3 Å². The molecule has 0 radical (unpaired) electrons. The van der Waals surface area contributed by atoms with Gasteiger partial charge in [-0.2, -0.15) is 5.26 Å². The summed E-state index contributed by atoms with van der Waals surface area (Å²) >= 11 is 11.8. The highest BCUT2D eigenvalue weighted by Gasteiger charge is 2.12. The highest BCUT2D eigenvalue weighted by molar-refractivity contribution is 6.42. The Labute approximate surface area is 167 Å². The van der Waals surface area contributed by atoms with Crippen molar-refractivity contribution in [1.29, 1.82) is 5.26 Å². The van der Waals surface area contributed by atoms with E-state index in [2.05, 4.69) is 10.2 Å². The van der Waals surface area contributed by atoms with Gasteiger partial charge in [-0.15, -0.1) is 0 Å². The summed E-state index contributed by atoms with van der Waals surface area (Å²) < 4.78 is 5.35. The van der Waals surface area contributed by atoms with Gasteiger partial charge in [-0.25, -0.2) is 0 Å². The molecule has 0 bridgehead atoms. The van der Waals surface area contributed by atoms with Crippen LogP contribution in [-0.2, 0) is 9.53 Å². The first-order valence-electron chi connectivity index (χ1n) is 8.38. The third-order valence-electron chi connectivity index (χ3n) is 4.12. The molecule has 1 aliphatic heterocycles. The van der Waals surface area contributed by atoms with Gasteiger partial charge in [0.1, 0.15) is 11.6 Å². The van der Waals surface area contributed by atoms with Crippen molar-refractivity contribution in [3.8, 4) is 6.07 Å². The van der Waals surface area contributed by atoms with E-state index in [0.717, 1.165) is 37.6 Å². The second kappa shape index (κ2) is 8.92. The van der Waals surface area contributed by atoms with E-state index in [0.29, 0.717) is 15.7 Å². The van der Waals surface area contributed by atoms with Crippen molar-refractivity contribution in [2.45, 2.75) is 0 Å². The van der Waals surface area contributed by atoms with Crippen LogP contribution in [0.1, 0.15) is 5.56 Å². The minimum atomic E-state index is -0.506. The van der Waals surface area contributed by atoms with Crippen LogP contribution < -0.4 is 10.2 Å². The lowest BCUT2D eigenvalue weighted by Crippen LogP contribution is -2.36. The Bertz CT molecular complexity index is 898. The summed E-state index contributed by atoms with van der Waals surface area (Å²) in [5.74, 6) is -0.506. The third-order valence-corrected chi connectivity index (χ3v) is 4.86. The Morgan fingerprint density at radius 2 is 1.81 bits per heavy atom. The maximum Gasteiger partial charge on any atom is 0.266 e. The van der Waals surface area contributed by atoms with Gasteiger partial charge in [0.05, 0.1) is 23.3 Å². The molecule has 0 saturated carbocycles. The molecule has 1 heterocycles. The van der Waals surface area contributed by atoms with Gasteiger partial charge in [-0.1, -0.05) is 35.3 Å². The van der Waals surface area contributed by atoms with Crippen LogP contribution in [0.5, 0.6) is 0 Å². The maximum absolute atomic E-state index is 12.4. The number of halogens is 2. The predicted molar refractivity (Wildman–Crippen MR) is 108 cm³/mol. The average Bonchev–Trinajstić information content (AvgIpc) is 2.70. The number of amides is 1. The van der Waals surface area contributed by atoms with Crippen molar-refractivity contribution in [2.24, 2.45) is 0 Å². The Hall–Kier alpha value is -2.52. The lowest BCUT2D eigenvalue weighted by atomic mass is 10.1. The molecule has 27 heavy (non-hydrogen) atoms. The number of anilines is 2. The molecular formula is C20H17Cl2N3O2. The van der Waals surface area contributed by atoms with Crippen LogP contribution in [0.3, 0.4) is 0 Å². The van der Waals surface area contributed by atoms with Crippen LogP contribution in [0, 0.1) is 11.3 Å². The monoisotopic (exact) mass is 401 g/mol. The zero-order valence-electron chi connectivity index (χ0n) is 14.4. The van der Waals surface area contributed by atoms with Gasteiger partial charge in [0.25, 0.3) is 5.91 Å². The lowest BCUT2D eigenvalue weighted by molar-refractivity contribution is -0.112. The number of morpholine rings is 1. The van der Waals surface area contributed by atoms with Gasteiger partial charge in [0.2, 0.25) is 0 Å². The van der Waals surface area contributed by atoms with Crippen molar-refractivity contribution in [1.82, 2.24) is 0 Å². The van der Waals surface area contributed by atoms with E-state index >= 15 is 0 Å². The SMILES string of the molecule is N#C/C(=C/c1ccc(N2CCOCC2)cc1)C(=O)Nc1ccc(Cl)c(Cl)c1. The van der Waals surface area contributed by atoms with Crippen LogP contribution in [-0.4, -0.2) is 32.2 Å². The van der Waals surface area contributed by atoms with E-state index in [9.17, 15) is 10.1 Å². The normalized spacial score (nSPS) is 14.6. The molecule has 2 aromatic carbocycles. The molecule has 2 aromatic rings. The molecule has 3 rings (SSSR count). The number of carbonyl (C=O) groups excluding carboxylic acids is 1. The number of benzene rings is 2. The summed E-state index contributed by atoms with van der Waals surface area (Å²) in [6.07, 6.45) is 1.55. The summed E-state index contributed by atoms with van der Waals surface area (Å²) in [4.78, 5) is 14.6. The van der Waals surface area contributed by atoms with Gasteiger partial charge in [-0.05, 0) is 42.0 Å². The number of hydrogen-bond acceptors (Lipinski definition) is 4. The van der Waals surface area contributed by atoms with Crippen molar-refractivity contribution >= 4 is 46.6 Å². The molecule has 138 valence electrons. The molecule has 1 aliphatic rings. The Morgan fingerprint density at radius 1 is 1.11 bits per heavy atom. The summed E-state index contributed by atoms with van der Waals surface area (Å²) in [6.45, 7) is 3.14. The van der Waals surface area contributed by atoms with Crippen molar-refractivity contribution < 1.29 is 9.53 Å². The Kier molecular flexibility index (Phi) is 6.36. The Morgan fingerprint density at radius 3 is 2.44 bits per heavy atom. The number of nitriles is 1. The fourth-order valence-electron chi connectivity index (χ4n) is 2.69. The zero-order valence-corrected chi connectivity index (χ0v) is 15.9. The molecule has 0 atom stereocenters. The van der Waals surface area contributed by atoms with Gasteiger partial charge >= 0.3 is 0 Å².